The Hall–Kier alpha value is -2.77. The Kier molecular flexibility index (Phi) is 12.1. The van der Waals surface area contributed by atoms with Crippen molar-refractivity contribution >= 4 is 44.0 Å². The Morgan fingerprint density at radius 2 is 0.862 bits per heavy atom. The van der Waals surface area contributed by atoms with Crippen molar-refractivity contribution in [1.29, 1.82) is 0 Å². The summed E-state index contributed by atoms with van der Waals surface area (Å²) < 4.78 is 24.9. The summed E-state index contributed by atoms with van der Waals surface area (Å²) in [6, 6.07) is 0. The lowest BCUT2D eigenvalue weighted by atomic mass is 10.2. The molecule has 0 aromatic heterocycles. The lowest BCUT2D eigenvalue weighted by molar-refractivity contribution is -0.334. The minimum atomic E-state index is -5.27. The van der Waals surface area contributed by atoms with Crippen LogP contribution >= 0.6 is 7.82 Å². The number of rotatable bonds is 18. The topological polar surface area (TPSA) is 175 Å². The van der Waals surface area contributed by atoms with Gasteiger partial charge < -0.3 is 0 Å². The number of hydrogen-bond donors (Lipinski definition) is 0. The molecule has 0 aliphatic heterocycles. The molecule has 3 atom stereocenters. The van der Waals surface area contributed by atoms with Gasteiger partial charge in [-0.1, -0.05) is 19.7 Å². The molecule has 0 rings (SSSR count). The zero-order valence-electron chi connectivity index (χ0n) is 14.6. The molecule has 14 heteroatoms. The monoisotopic (exact) mass is 434 g/mol. The van der Waals surface area contributed by atoms with Crippen molar-refractivity contribution in [1.82, 2.24) is 0 Å². The third-order valence-corrected chi connectivity index (χ3v) is 3.34. The fourth-order valence-corrected chi connectivity index (χ4v) is 1.76. The van der Waals surface area contributed by atoms with Crippen molar-refractivity contribution in [3.8, 4) is 0 Å². The van der Waals surface area contributed by atoms with E-state index >= 15 is 0 Å². The predicted molar refractivity (Wildman–Crippen MR) is 89.3 cm³/mol. The summed E-state index contributed by atoms with van der Waals surface area (Å²) in [6.07, 6.45) is -4.21. The smallest absolute Gasteiger partial charge is 0.300 e. The summed E-state index contributed by atoms with van der Waals surface area (Å²) in [7, 11) is -5.27. The number of aldehydes is 3. The molecule has 29 heavy (non-hydrogen) atoms. The summed E-state index contributed by atoms with van der Waals surface area (Å²) >= 11 is 0. The maximum atomic E-state index is 12.4. The zero-order valence-corrected chi connectivity index (χ0v) is 15.5. The molecular formula is C15H15O13P. The van der Waals surface area contributed by atoms with E-state index in [4.69, 9.17) is 0 Å². The molecule has 0 aromatic carbocycles. The lowest BCUT2D eigenvalue weighted by Gasteiger charge is -2.18. The van der Waals surface area contributed by atoms with Crippen LogP contribution < -0.4 is 0 Å². The van der Waals surface area contributed by atoms with Crippen LogP contribution in [0.25, 0.3) is 0 Å². The predicted octanol–water partition coefficient (Wildman–Crippen LogP) is -0.0931. The van der Waals surface area contributed by atoms with Crippen LogP contribution in [-0.4, -0.2) is 54.5 Å². The maximum Gasteiger partial charge on any atom is 0.556 e. The maximum absolute atomic E-state index is 12.4. The number of hydrogen-bond acceptors (Lipinski definition) is 13. The van der Waals surface area contributed by atoms with Crippen molar-refractivity contribution in [2.24, 2.45) is 0 Å². The highest BCUT2D eigenvalue weighted by molar-refractivity contribution is 7.48. The van der Waals surface area contributed by atoms with Crippen molar-refractivity contribution in [2.75, 3.05) is 0 Å². The molecule has 13 nitrogen and oxygen atoms in total. The van der Waals surface area contributed by atoms with Gasteiger partial charge in [-0.25, -0.2) is 19.2 Å². The SMILES string of the molecule is C=CC(=O)C(C=O)OOP(=O)(OOC(C=O)C(=O)C=C)OOC(C=O)C(=O)C=C. The Morgan fingerprint density at radius 1 is 0.621 bits per heavy atom. The van der Waals surface area contributed by atoms with Gasteiger partial charge in [0, 0.05) is 0 Å². The van der Waals surface area contributed by atoms with E-state index in [0.29, 0.717) is 18.2 Å². The van der Waals surface area contributed by atoms with Gasteiger partial charge in [0.1, 0.15) is 0 Å². The van der Waals surface area contributed by atoms with Crippen LogP contribution in [0.5, 0.6) is 0 Å². The summed E-state index contributed by atoms with van der Waals surface area (Å²) in [5, 5.41) is 0. The molecule has 0 radical (unpaired) electrons. The second-order valence-electron chi connectivity index (χ2n) is 4.45. The van der Waals surface area contributed by atoms with Crippen molar-refractivity contribution in [2.45, 2.75) is 18.3 Å². The average molecular weight is 434 g/mol. The number of ketones is 3. The van der Waals surface area contributed by atoms with E-state index in [0.717, 1.165) is 0 Å². The molecule has 0 bridgehead atoms. The fraction of sp³-hybridized carbons (Fsp3) is 0.200. The molecule has 0 aromatic rings. The number of carbonyl (C=O) groups is 6. The highest BCUT2D eigenvalue weighted by atomic mass is 31.2. The molecule has 0 spiro atoms. The van der Waals surface area contributed by atoms with Crippen LogP contribution in [0.2, 0.25) is 0 Å². The molecule has 0 N–H and O–H groups in total. The fourth-order valence-electron chi connectivity index (χ4n) is 1.09. The quantitative estimate of drug-likeness (QED) is 0.0699. The summed E-state index contributed by atoms with van der Waals surface area (Å²) in [5.41, 5.74) is 0. The zero-order chi connectivity index (χ0) is 22.4. The molecule has 0 aliphatic rings. The van der Waals surface area contributed by atoms with Crippen LogP contribution in [-0.2, 0) is 62.0 Å². The van der Waals surface area contributed by atoms with Gasteiger partial charge >= 0.3 is 7.82 Å². The van der Waals surface area contributed by atoms with Crippen LogP contribution in [0.4, 0.5) is 0 Å². The molecule has 0 aliphatic carbocycles. The first-order valence-electron chi connectivity index (χ1n) is 7.21. The van der Waals surface area contributed by atoms with E-state index in [1.165, 1.54) is 0 Å². The van der Waals surface area contributed by atoms with Gasteiger partial charge in [0.2, 0.25) is 18.3 Å². The van der Waals surface area contributed by atoms with Gasteiger partial charge in [-0.3, -0.25) is 28.8 Å². The molecule has 0 fully saturated rings. The van der Waals surface area contributed by atoms with Crippen molar-refractivity contribution < 1.29 is 62.0 Å². The van der Waals surface area contributed by atoms with E-state index < -0.39 is 43.5 Å². The minimum absolute atomic E-state index is 0.0823. The molecular weight excluding hydrogens is 419 g/mol. The van der Waals surface area contributed by atoms with Crippen LogP contribution in [0.15, 0.2) is 38.0 Å². The van der Waals surface area contributed by atoms with Crippen LogP contribution in [0.3, 0.4) is 0 Å². The molecule has 0 amide bonds. The van der Waals surface area contributed by atoms with E-state index in [-0.39, 0.29) is 18.9 Å². The Morgan fingerprint density at radius 3 is 1.03 bits per heavy atom. The van der Waals surface area contributed by atoms with Gasteiger partial charge in [-0.15, -0.1) is 14.0 Å². The van der Waals surface area contributed by atoms with Gasteiger partial charge in [0.15, 0.2) is 36.2 Å². The largest absolute Gasteiger partial charge is 0.556 e. The first-order valence-corrected chi connectivity index (χ1v) is 8.67. The lowest BCUT2D eigenvalue weighted by Crippen LogP contribution is -2.27. The average Bonchev–Trinajstić information content (AvgIpc) is 2.74. The second-order valence-corrected chi connectivity index (χ2v) is 5.79. The van der Waals surface area contributed by atoms with Gasteiger partial charge in [0.25, 0.3) is 0 Å². The Labute approximate surface area is 163 Å². The van der Waals surface area contributed by atoms with Crippen LogP contribution in [0.1, 0.15) is 0 Å². The third kappa shape index (κ3) is 8.85. The van der Waals surface area contributed by atoms with E-state index in [9.17, 15) is 33.3 Å². The summed E-state index contributed by atoms with van der Waals surface area (Å²) in [6.45, 7) is 9.23. The summed E-state index contributed by atoms with van der Waals surface area (Å²) in [5.74, 6) is -3.10. The van der Waals surface area contributed by atoms with Crippen LogP contribution in [0, 0.1) is 0 Å². The summed E-state index contributed by atoms with van der Waals surface area (Å²) in [4.78, 5) is 79.2. The Balaban J connectivity index is 5.42. The van der Waals surface area contributed by atoms with E-state index in [1.54, 1.807) is 0 Å². The normalized spacial score (nSPS) is 15.6. The molecule has 0 saturated heterocycles. The molecule has 0 heterocycles. The highest BCUT2D eigenvalue weighted by Crippen LogP contribution is 2.51. The van der Waals surface area contributed by atoms with Crippen molar-refractivity contribution in [3.63, 3.8) is 0 Å². The minimum Gasteiger partial charge on any atom is -0.300 e. The standard InChI is InChI=1S/C15H15O13P/c1-4-10(19)13(7-16)23-26-29(22,27-24-14(8-17)11(20)5-2)28-25-15(9-18)12(21)6-3/h4-9,13-15H,1-3H2. The highest BCUT2D eigenvalue weighted by Gasteiger charge is 2.38. The van der Waals surface area contributed by atoms with E-state index in [2.05, 4.69) is 48.4 Å². The Bertz CT molecular complexity index is 633. The number of carbonyl (C=O) groups excluding carboxylic acids is 6. The molecule has 3 unspecified atom stereocenters. The first kappa shape index (κ1) is 26.2. The van der Waals surface area contributed by atoms with Gasteiger partial charge in [-0.05, 0) is 18.2 Å². The van der Waals surface area contributed by atoms with Crippen molar-refractivity contribution in [3.05, 3.63) is 38.0 Å². The molecule has 158 valence electrons. The number of phosphoric acid groups is 1. The van der Waals surface area contributed by atoms with E-state index in [1.807, 2.05) is 0 Å². The van der Waals surface area contributed by atoms with Gasteiger partial charge in [-0.2, -0.15) is 0 Å². The first-order chi connectivity index (χ1) is 13.7. The van der Waals surface area contributed by atoms with Gasteiger partial charge in [0.05, 0.1) is 0 Å². The third-order valence-electron chi connectivity index (χ3n) is 2.53. The molecule has 0 saturated carbocycles. The second kappa shape index (κ2) is 13.4.